The Labute approximate surface area is 117 Å². The van der Waals surface area contributed by atoms with Gasteiger partial charge in [0.25, 0.3) is 15.2 Å². The molecule has 0 aromatic carbocycles. The lowest BCUT2D eigenvalue weighted by atomic mass is 10.2. The Balaban J connectivity index is 2.62. The molecular weight excluding hydrogens is 278 g/mol. The third kappa shape index (κ3) is 3.02. The lowest BCUT2D eigenvalue weighted by molar-refractivity contribution is 0.486. The molecule has 7 nitrogen and oxygen atoms in total. The fourth-order valence-electron chi connectivity index (χ4n) is 1.92. The van der Waals surface area contributed by atoms with Crippen LogP contribution in [0.15, 0.2) is 23.6 Å². The van der Waals surface area contributed by atoms with Crippen LogP contribution in [0.4, 0.5) is 0 Å². The van der Waals surface area contributed by atoms with E-state index in [1.807, 2.05) is 26.8 Å². The zero-order chi connectivity index (χ0) is 14.9. The van der Waals surface area contributed by atoms with Crippen molar-refractivity contribution in [3.8, 4) is 11.4 Å². The Hall–Kier alpha value is -1.80. The predicted octanol–water partition coefficient (Wildman–Crippen LogP) is 0.952. The molecule has 0 fully saturated rings. The minimum Gasteiger partial charge on any atom is -0.296 e. The van der Waals surface area contributed by atoms with Crippen LogP contribution < -0.4 is 5.14 Å². The Morgan fingerprint density at radius 3 is 2.55 bits per heavy atom. The molecule has 0 unspecified atom stereocenters. The molecule has 0 spiro atoms. The van der Waals surface area contributed by atoms with Gasteiger partial charge in [0.2, 0.25) is 0 Å². The highest BCUT2D eigenvalue weighted by Gasteiger charge is 2.22. The number of hydrogen-bond donors (Lipinski definition) is 1. The smallest absolute Gasteiger partial charge is 0.273 e. The van der Waals surface area contributed by atoms with Crippen molar-refractivity contribution in [1.29, 1.82) is 0 Å². The summed E-state index contributed by atoms with van der Waals surface area (Å²) in [7, 11) is -3.91. The molecule has 0 bridgehead atoms. The lowest BCUT2D eigenvalue weighted by Gasteiger charge is -2.11. The first-order valence-corrected chi connectivity index (χ1v) is 7.71. The second kappa shape index (κ2) is 5.29. The molecule has 20 heavy (non-hydrogen) atoms. The third-order valence-corrected chi connectivity index (χ3v) is 3.46. The maximum atomic E-state index is 11.6. The predicted molar refractivity (Wildman–Crippen MR) is 74.2 cm³/mol. The molecule has 2 aromatic heterocycles. The van der Waals surface area contributed by atoms with Gasteiger partial charge in [0, 0.05) is 24.5 Å². The van der Waals surface area contributed by atoms with Crippen molar-refractivity contribution in [2.24, 2.45) is 11.1 Å². The average molecular weight is 295 g/mol. The number of hydrogen-bond acceptors (Lipinski definition) is 5. The number of aryl methyl sites for hydroxylation is 1. The second-order valence-corrected chi connectivity index (χ2v) is 6.56. The summed E-state index contributed by atoms with van der Waals surface area (Å²) in [5, 5.41) is 12.6. The van der Waals surface area contributed by atoms with Gasteiger partial charge in [-0.2, -0.15) is 0 Å². The van der Waals surface area contributed by atoms with E-state index in [2.05, 4.69) is 15.2 Å². The van der Waals surface area contributed by atoms with Crippen LogP contribution in [-0.4, -0.2) is 28.2 Å². The molecule has 0 aliphatic carbocycles. The highest BCUT2D eigenvalue weighted by molar-refractivity contribution is 7.89. The van der Waals surface area contributed by atoms with Gasteiger partial charge in [-0.25, -0.2) is 13.6 Å². The van der Waals surface area contributed by atoms with Crippen molar-refractivity contribution in [3.63, 3.8) is 0 Å². The Morgan fingerprint density at radius 1 is 1.30 bits per heavy atom. The lowest BCUT2D eigenvalue weighted by Crippen LogP contribution is -2.20. The van der Waals surface area contributed by atoms with E-state index < -0.39 is 10.0 Å². The molecule has 0 amide bonds. The van der Waals surface area contributed by atoms with Gasteiger partial charge in [-0.1, -0.05) is 13.8 Å². The molecule has 0 aliphatic heterocycles. The standard InChI is InChI=1S/C12H17N5O2S/c1-8(2)7-17-11(10-4-9(3)5-14-6-10)15-16-12(17)20(13,18)19/h4-6,8H,7H2,1-3H3,(H2,13,18,19). The molecule has 2 N–H and O–H groups in total. The van der Waals surface area contributed by atoms with Crippen molar-refractivity contribution in [3.05, 3.63) is 24.0 Å². The summed E-state index contributed by atoms with van der Waals surface area (Å²) in [6.45, 7) is 6.32. The van der Waals surface area contributed by atoms with Crippen LogP contribution in [0.3, 0.4) is 0 Å². The SMILES string of the molecule is Cc1cncc(-c2nnc(S(N)(=O)=O)n2CC(C)C)c1. The number of rotatable bonds is 4. The molecular formula is C12H17N5O2S. The summed E-state index contributed by atoms with van der Waals surface area (Å²) in [5.74, 6) is 0.682. The van der Waals surface area contributed by atoms with E-state index in [1.165, 1.54) is 4.57 Å². The normalized spacial score (nSPS) is 12.1. The number of nitrogens with zero attached hydrogens (tertiary/aromatic N) is 4. The molecule has 0 saturated heterocycles. The molecule has 2 heterocycles. The number of aromatic nitrogens is 4. The molecule has 0 radical (unpaired) electrons. The fraction of sp³-hybridized carbons (Fsp3) is 0.417. The van der Waals surface area contributed by atoms with E-state index in [0.717, 1.165) is 5.56 Å². The highest BCUT2D eigenvalue weighted by Crippen LogP contribution is 2.21. The fourth-order valence-corrected chi connectivity index (χ4v) is 2.54. The van der Waals surface area contributed by atoms with Crippen LogP contribution in [0.1, 0.15) is 19.4 Å². The van der Waals surface area contributed by atoms with Gasteiger partial charge in [0.05, 0.1) is 0 Å². The van der Waals surface area contributed by atoms with E-state index in [1.54, 1.807) is 12.4 Å². The van der Waals surface area contributed by atoms with E-state index in [0.29, 0.717) is 17.9 Å². The summed E-state index contributed by atoms with van der Waals surface area (Å²) in [6, 6.07) is 1.88. The first-order valence-electron chi connectivity index (χ1n) is 6.17. The number of nitrogens with two attached hydrogens (primary N) is 1. The van der Waals surface area contributed by atoms with Gasteiger partial charge in [-0.3, -0.25) is 9.55 Å². The summed E-state index contributed by atoms with van der Waals surface area (Å²) in [6.07, 6.45) is 3.34. The zero-order valence-corrected chi connectivity index (χ0v) is 12.4. The van der Waals surface area contributed by atoms with E-state index >= 15 is 0 Å². The van der Waals surface area contributed by atoms with Crippen LogP contribution in [0, 0.1) is 12.8 Å². The van der Waals surface area contributed by atoms with E-state index in [9.17, 15) is 8.42 Å². The maximum absolute atomic E-state index is 11.6. The van der Waals surface area contributed by atoms with Crippen LogP contribution in [0.25, 0.3) is 11.4 Å². The van der Waals surface area contributed by atoms with Gasteiger partial charge in [-0.05, 0) is 24.5 Å². The van der Waals surface area contributed by atoms with Crippen LogP contribution in [-0.2, 0) is 16.6 Å². The Bertz CT molecular complexity index is 721. The highest BCUT2D eigenvalue weighted by atomic mass is 32.2. The Morgan fingerprint density at radius 2 is 2.00 bits per heavy atom. The third-order valence-electron chi connectivity index (χ3n) is 2.65. The minimum atomic E-state index is -3.91. The zero-order valence-electron chi connectivity index (χ0n) is 11.6. The summed E-state index contributed by atoms with van der Waals surface area (Å²) < 4.78 is 24.7. The van der Waals surface area contributed by atoms with Crippen LogP contribution in [0.2, 0.25) is 0 Å². The molecule has 0 atom stereocenters. The molecule has 8 heteroatoms. The summed E-state index contributed by atoms with van der Waals surface area (Å²) in [4.78, 5) is 4.09. The largest absolute Gasteiger partial charge is 0.296 e. The second-order valence-electron chi connectivity index (χ2n) is 5.11. The van der Waals surface area contributed by atoms with Gasteiger partial charge < -0.3 is 0 Å². The van der Waals surface area contributed by atoms with Crippen molar-refractivity contribution in [2.45, 2.75) is 32.5 Å². The van der Waals surface area contributed by atoms with Gasteiger partial charge in [0.1, 0.15) is 0 Å². The number of primary sulfonamides is 1. The maximum Gasteiger partial charge on any atom is 0.273 e. The molecule has 0 aliphatic rings. The van der Waals surface area contributed by atoms with Gasteiger partial charge in [0.15, 0.2) is 5.82 Å². The van der Waals surface area contributed by atoms with E-state index in [4.69, 9.17) is 5.14 Å². The van der Waals surface area contributed by atoms with Gasteiger partial charge >= 0.3 is 0 Å². The van der Waals surface area contributed by atoms with Crippen molar-refractivity contribution in [1.82, 2.24) is 19.7 Å². The van der Waals surface area contributed by atoms with Gasteiger partial charge in [-0.15, -0.1) is 10.2 Å². The topological polar surface area (TPSA) is 104 Å². The van der Waals surface area contributed by atoms with Crippen molar-refractivity contribution < 1.29 is 8.42 Å². The van der Waals surface area contributed by atoms with Crippen molar-refractivity contribution in [2.75, 3.05) is 0 Å². The Kier molecular flexibility index (Phi) is 3.87. The summed E-state index contributed by atoms with van der Waals surface area (Å²) in [5.41, 5.74) is 1.67. The number of pyridine rings is 1. The number of sulfonamides is 1. The first kappa shape index (κ1) is 14.6. The minimum absolute atomic E-state index is 0.220. The van der Waals surface area contributed by atoms with E-state index in [-0.39, 0.29) is 11.1 Å². The molecule has 2 aromatic rings. The molecule has 0 saturated carbocycles. The van der Waals surface area contributed by atoms with Crippen molar-refractivity contribution >= 4 is 10.0 Å². The molecule has 2 rings (SSSR count). The first-order chi connectivity index (χ1) is 9.29. The molecule has 108 valence electrons. The monoisotopic (exact) mass is 295 g/mol. The van der Waals surface area contributed by atoms with Crippen LogP contribution in [0.5, 0.6) is 0 Å². The van der Waals surface area contributed by atoms with Crippen LogP contribution >= 0.6 is 0 Å². The quantitative estimate of drug-likeness (QED) is 0.904. The summed E-state index contributed by atoms with van der Waals surface area (Å²) >= 11 is 0. The average Bonchev–Trinajstić information content (AvgIpc) is 2.71.